The van der Waals surface area contributed by atoms with Crippen LogP contribution in [0.1, 0.15) is 0 Å². The lowest BCUT2D eigenvalue weighted by Crippen LogP contribution is -2.15. The fourth-order valence-electron chi connectivity index (χ4n) is 1.42. The van der Waals surface area contributed by atoms with Gasteiger partial charge in [-0.05, 0) is 40.2 Å². The molecule has 1 aromatic carbocycles. The van der Waals surface area contributed by atoms with Crippen LogP contribution in [0.4, 0.5) is 15.8 Å². The van der Waals surface area contributed by atoms with E-state index in [-0.39, 0.29) is 16.5 Å². The molecule has 2 aromatic rings. The van der Waals surface area contributed by atoms with E-state index in [1.54, 1.807) is 0 Å². The fraction of sp³-hybridized carbons (Fsp3) is 0. The summed E-state index contributed by atoms with van der Waals surface area (Å²) in [5.74, 6) is -0.911. The highest BCUT2D eigenvalue weighted by Crippen LogP contribution is 2.27. The van der Waals surface area contributed by atoms with Gasteiger partial charge in [0.1, 0.15) is 10.7 Å². The number of pyridine rings is 1. The Morgan fingerprint density at radius 3 is 2.75 bits per heavy atom. The molecular formula is C11H8BrClFN3O2S. The molecule has 3 N–H and O–H groups in total. The SMILES string of the molecule is Nc1ccc(F)c(S(=O)(=O)Nc2cc(Br)cnc2Cl)c1. The molecule has 106 valence electrons. The number of aromatic nitrogens is 1. The van der Waals surface area contributed by atoms with Gasteiger partial charge in [-0.3, -0.25) is 4.72 Å². The van der Waals surface area contributed by atoms with E-state index in [9.17, 15) is 12.8 Å². The van der Waals surface area contributed by atoms with Crippen LogP contribution in [-0.2, 0) is 10.0 Å². The van der Waals surface area contributed by atoms with Crippen LogP contribution < -0.4 is 10.5 Å². The maximum absolute atomic E-state index is 13.6. The first-order valence-corrected chi connectivity index (χ1v) is 7.84. The average Bonchev–Trinajstić information content (AvgIpc) is 2.36. The quantitative estimate of drug-likeness (QED) is 0.633. The van der Waals surface area contributed by atoms with E-state index in [0.717, 1.165) is 12.1 Å². The van der Waals surface area contributed by atoms with Gasteiger partial charge in [0.15, 0.2) is 5.15 Å². The highest BCUT2D eigenvalue weighted by atomic mass is 79.9. The second kappa shape index (κ2) is 5.55. The summed E-state index contributed by atoms with van der Waals surface area (Å²) in [6, 6.07) is 4.68. The highest BCUT2D eigenvalue weighted by molar-refractivity contribution is 9.10. The number of halogens is 3. The molecule has 0 aliphatic carbocycles. The van der Waals surface area contributed by atoms with Gasteiger partial charge in [-0.1, -0.05) is 11.6 Å². The number of nitrogen functional groups attached to an aromatic ring is 1. The molecule has 0 radical (unpaired) electrons. The molecule has 2 rings (SSSR count). The Morgan fingerprint density at radius 1 is 1.35 bits per heavy atom. The van der Waals surface area contributed by atoms with Crippen LogP contribution in [0.3, 0.4) is 0 Å². The van der Waals surface area contributed by atoms with Crippen LogP contribution >= 0.6 is 27.5 Å². The number of rotatable bonds is 3. The van der Waals surface area contributed by atoms with Gasteiger partial charge in [0.2, 0.25) is 0 Å². The van der Waals surface area contributed by atoms with Crippen molar-refractivity contribution in [3.05, 3.63) is 45.9 Å². The Balaban J connectivity index is 2.46. The van der Waals surface area contributed by atoms with Crippen molar-refractivity contribution in [3.8, 4) is 0 Å². The molecule has 20 heavy (non-hydrogen) atoms. The van der Waals surface area contributed by atoms with Crippen molar-refractivity contribution < 1.29 is 12.8 Å². The molecule has 0 unspecified atom stereocenters. The summed E-state index contributed by atoms with van der Waals surface area (Å²) in [7, 11) is -4.16. The van der Waals surface area contributed by atoms with Gasteiger partial charge in [0.05, 0.1) is 5.69 Å². The lowest BCUT2D eigenvalue weighted by atomic mass is 10.3. The van der Waals surface area contributed by atoms with Gasteiger partial charge in [-0.25, -0.2) is 17.8 Å². The molecule has 0 amide bonds. The molecule has 0 bridgehead atoms. The zero-order chi connectivity index (χ0) is 14.9. The van der Waals surface area contributed by atoms with Gasteiger partial charge in [-0.2, -0.15) is 0 Å². The fourth-order valence-corrected chi connectivity index (χ4v) is 3.13. The smallest absolute Gasteiger partial charge is 0.264 e. The number of hydrogen-bond donors (Lipinski definition) is 2. The Morgan fingerprint density at radius 2 is 2.05 bits per heavy atom. The first-order chi connectivity index (χ1) is 9.29. The Bertz CT molecular complexity index is 770. The summed E-state index contributed by atoms with van der Waals surface area (Å²) in [4.78, 5) is 3.21. The molecule has 5 nitrogen and oxygen atoms in total. The van der Waals surface area contributed by atoms with Crippen molar-refractivity contribution in [1.29, 1.82) is 0 Å². The summed E-state index contributed by atoms with van der Waals surface area (Å²) in [5.41, 5.74) is 5.63. The predicted octanol–water partition coefficient (Wildman–Crippen LogP) is 3.02. The van der Waals surface area contributed by atoms with Crippen molar-refractivity contribution in [2.75, 3.05) is 10.5 Å². The number of sulfonamides is 1. The van der Waals surface area contributed by atoms with Crippen LogP contribution in [0.2, 0.25) is 5.15 Å². The van der Waals surface area contributed by atoms with Crippen LogP contribution in [-0.4, -0.2) is 13.4 Å². The van der Waals surface area contributed by atoms with Crippen molar-refractivity contribution in [2.24, 2.45) is 0 Å². The summed E-state index contributed by atoms with van der Waals surface area (Å²) in [5, 5.41) is -0.0545. The normalized spacial score (nSPS) is 11.3. The molecule has 0 spiro atoms. The van der Waals surface area contributed by atoms with Crippen molar-refractivity contribution in [2.45, 2.75) is 4.90 Å². The molecule has 1 heterocycles. The first kappa shape index (κ1) is 15.0. The van der Waals surface area contributed by atoms with Crippen molar-refractivity contribution in [1.82, 2.24) is 4.98 Å². The number of hydrogen-bond acceptors (Lipinski definition) is 4. The van der Waals surface area contributed by atoms with Crippen LogP contribution in [0.25, 0.3) is 0 Å². The minimum atomic E-state index is -4.16. The molecule has 0 aliphatic heterocycles. The van der Waals surface area contributed by atoms with Gasteiger partial charge in [-0.15, -0.1) is 0 Å². The van der Waals surface area contributed by atoms with Gasteiger partial charge >= 0.3 is 0 Å². The van der Waals surface area contributed by atoms with E-state index in [2.05, 4.69) is 25.6 Å². The molecule has 0 fully saturated rings. The third kappa shape index (κ3) is 3.20. The Hall–Kier alpha value is -1.38. The highest BCUT2D eigenvalue weighted by Gasteiger charge is 2.21. The minimum absolute atomic E-state index is 0.0304. The molecule has 0 atom stereocenters. The lowest BCUT2D eigenvalue weighted by molar-refractivity contribution is 0.570. The van der Waals surface area contributed by atoms with E-state index >= 15 is 0 Å². The second-order valence-corrected chi connectivity index (χ2v) is 6.71. The molecule has 1 aromatic heterocycles. The zero-order valence-corrected chi connectivity index (χ0v) is 12.9. The topological polar surface area (TPSA) is 85.1 Å². The summed E-state index contributed by atoms with van der Waals surface area (Å²) < 4.78 is 40.6. The number of nitrogens with two attached hydrogens (primary N) is 1. The monoisotopic (exact) mass is 379 g/mol. The maximum Gasteiger partial charge on any atom is 0.264 e. The van der Waals surface area contributed by atoms with E-state index in [1.807, 2.05) is 0 Å². The predicted molar refractivity (Wildman–Crippen MR) is 78.6 cm³/mol. The van der Waals surface area contributed by atoms with Crippen LogP contribution in [0.5, 0.6) is 0 Å². The van der Waals surface area contributed by atoms with E-state index in [1.165, 1.54) is 18.3 Å². The summed E-state index contributed by atoms with van der Waals surface area (Å²) in [6.07, 6.45) is 1.40. The van der Waals surface area contributed by atoms with Gasteiger partial charge in [0, 0.05) is 16.4 Å². The van der Waals surface area contributed by atoms with Crippen LogP contribution in [0.15, 0.2) is 39.8 Å². The summed E-state index contributed by atoms with van der Waals surface area (Å²) >= 11 is 8.92. The third-order valence-corrected chi connectivity index (χ3v) is 4.41. The summed E-state index contributed by atoms with van der Waals surface area (Å²) in [6.45, 7) is 0. The van der Waals surface area contributed by atoms with E-state index in [0.29, 0.717) is 4.47 Å². The number of nitrogens with zero attached hydrogens (tertiary/aromatic N) is 1. The van der Waals surface area contributed by atoms with Gasteiger partial charge in [0.25, 0.3) is 10.0 Å². The number of nitrogens with one attached hydrogen (secondary N) is 1. The number of benzene rings is 1. The Labute approximate surface area is 128 Å². The molecule has 0 aliphatic rings. The molecule has 0 saturated heterocycles. The second-order valence-electron chi connectivity index (χ2n) is 3.79. The molecule has 0 saturated carbocycles. The zero-order valence-electron chi connectivity index (χ0n) is 9.77. The standard InChI is InChI=1S/C11H8BrClFN3O2S/c12-6-3-9(11(13)16-5-6)17-20(18,19)10-4-7(15)1-2-8(10)14/h1-5,17H,15H2. The minimum Gasteiger partial charge on any atom is -0.399 e. The average molecular weight is 381 g/mol. The van der Waals surface area contributed by atoms with Crippen LogP contribution in [0, 0.1) is 5.82 Å². The van der Waals surface area contributed by atoms with Crippen molar-refractivity contribution in [3.63, 3.8) is 0 Å². The van der Waals surface area contributed by atoms with E-state index < -0.39 is 20.7 Å². The maximum atomic E-state index is 13.6. The van der Waals surface area contributed by atoms with E-state index in [4.69, 9.17) is 17.3 Å². The lowest BCUT2D eigenvalue weighted by Gasteiger charge is -2.10. The first-order valence-electron chi connectivity index (χ1n) is 5.18. The molecular weight excluding hydrogens is 373 g/mol. The third-order valence-electron chi connectivity index (χ3n) is 2.29. The Kier molecular flexibility index (Phi) is 4.17. The molecule has 9 heteroatoms. The largest absolute Gasteiger partial charge is 0.399 e. The van der Waals surface area contributed by atoms with Gasteiger partial charge < -0.3 is 5.73 Å². The number of anilines is 2. The van der Waals surface area contributed by atoms with Crippen molar-refractivity contribution >= 4 is 48.9 Å².